The maximum atomic E-state index is 12.7. The van der Waals surface area contributed by atoms with Crippen molar-refractivity contribution in [1.82, 2.24) is 4.98 Å². The number of nitrogens with zero attached hydrogens (tertiary/aromatic N) is 2. The van der Waals surface area contributed by atoms with Gasteiger partial charge in [-0.2, -0.15) is 0 Å². The Labute approximate surface area is 215 Å². The number of carbonyl (C=O) groups is 1. The van der Waals surface area contributed by atoms with Crippen LogP contribution in [0.5, 0.6) is 0 Å². The summed E-state index contributed by atoms with van der Waals surface area (Å²) in [4.78, 5) is 17.1. The Bertz CT molecular complexity index is 1490. The molecule has 0 unspecified atom stereocenters. The molecule has 3 aromatic carbocycles. The lowest BCUT2D eigenvalue weighted by atomic mass is 10.1. The number of fused-ring (bicyclic) bond motifs is 1. The molecule has 0 fully saturated rings. The van der Waals surface area contributed by atoms with E-state index < -0.39 is 0 Å². The fraction of sp³-hybridized carbons (Fsp3) is 0.0357. The van der Waals surface area contributed by atoms with Gasteiger partial charge in [-0.3, -0.25) is 9.78 Å². The molecule has 0 radical (unpaired) electrons. The molecule has 1 amide bonds. The van der Waals surface area contributed by atoms with Gasteiger partial charge in [0.25, 0.3) is 5.91 Å². The number of nitrogen functional groups attached to an aromatic ring is 1. The zero-order valence-electron chi connectivity index (χ0n) is 19.6. The highest BCUT2D eigenvalue weighted by Crippen LogP contribution is 2.27. The van der Waals surface area contributed by atoms with E-state index >= 15 is 0 Å². The fourth-order valence-corrected chi connectivity index (χ4v) is 3.72. The molecule has 0 saturated carbocycles. The van der Waals surface area contributed by atoms with Gasteiger partial charge in [0.1, 0.15) is 7.05 Å². The minimum Gasteiger partial charge on any atom is -1.00 e. The average molecular weight is 497 g/mol. The fourth-order valence-electron chi connectivity index (χ4n) is 3.72. The van der Waals surface area contributed by atoms with E-state index in [2.05, 4.69) is 20.9 Å². The number of hydrogen-bond acceptors (Lipinski definition) is 5. The molecule has 5 rings (SSSR count). The maximum absolute atomic E-state index is 12.7. The molecule has 0 aliphatic rings. The van der Waals surface area contributed by atoms with Crippen molar-refractivity contribution in [2.24, 2.45) is 7.05 Å². The lowest BCUT2D eigenvalue weighted by molar-refractivity contribution is -0.671. The van der Waals surface area contributed by atoms with Gasteiger partial charge >= 0.3 is 0 Å². The number of aromatic nitrogens is 2. The van der Waals surface area contributed by atoms with Crippen molar-refractivity contribution in [2.75, 3.05) is 21.7 Å². The molecule has 0 bridgehead atoms. The monoisotopic (exact) mass is 496 g/mol. The first-order valence-electron chi connectivity index (χ1n) is 11.2. The van der Waals surface area contributed by atoms with Gasteiger partial charge in [0.05, 0.1) is 11.2 Å². The van der Waals surface area contributed by atoms with Gasteiger partial charge in [0.15, 0.2) is 12.4 Å². The average Bonchev–Trinajstić information content (AvgIpc) is 2.87. The molecule has 0 aliphatic carbocycles. The molecule has 180 valence electrons. The van der Waals surface area contributed by atoms with Gasteiger partial charge in [-0.05, 0) is 72.8 Å². The summed E-state index contributed by atoms with van der Waals surface area (Å²) in [7, 11) is 1.97. The molecule has 0 aliphatic heterocycles. The van der Waals surface area contributed by atoms with E-state index in [9.17, 15) is 4.79 Å². The van der Waals surface area contributed by atoms with Crippen LogP contribution in [-0.2, 0) is 7.05 Å². The van der Waals surface area contributed by atoms with Crippen LogP contribution < -0.4 is 38.7 Å². The van der Waals surface area contributed by atoms with Crippen LogP contribution >= 0.6 is 0 Å². The second kappa shape index (κ2) is 10.8. The van der Waals surface area contributed by atoms with Gasteiger partial charge in [-0.15, -0.1) is 0 Å². The lowest BCUT2D eigenvalue weighted by Gasteiger charge is -2.11. The number of pyridine rings is 2. The van der Waals surface area contributed by atoms with Crippen LogP contribution in [0.4, 0.5) is 34.1 Å². The normalized spacial score (nSPS) is 10.4. The Morgan fingerprint density at radius 1 is 0.778 bits per heavy atom. The van der Waals surface area contributed by atoms with Crippen molar-refractivity contribution < 1.29 is 21.8 Å². The number of anilines is 6. The Morgan fingerprint density at radius 2 is 1.39 bits per heavy atom. The van der Waals surface area contributed by atoms with Crippen LogP contribution in [0.25, 0.3) is 10.9 Å². The second-order valence-electron chi connectivity index (χ2n) is 8.25. The Kier molecular flexibility index (Phi) is 7.32. The molecule has 5 N–H and O–H groups in total. The van der Waals surface area contributed by atoms with Gasteiger partial charge < -0.3 is 34.1 Å². The SMILES string of the molecule is C[n+]1ccc(Nc2ccc(C(=O)Nc3ccc(Nc4ccnc5ccc(N)cc45)cc3)cc2)cc1.[Cl-]. The Hall–Kier alpha value is -4.62. The number of carbonyl (C=O) groups excluding carboxylic acids is 1. The number of rotatable bonds is 6. The van der Waals surface area contributed by atoms with E-state index in [0.717, 1.165) is 33.7 Å². The quantitative estimate of drug-likeness (QED) is 0.214. The van der Waals surface area contributed by atoms with Crippen LogP contribution in [0.3, 0.4) is 0 Å². The molecule has 0 saturated heterocycles. The zero-order valence-corrected chi connectivity index (χ0v) is 20.3. The summed E-state index contributed by atoms with van der Waals surface area (Å²) in [5, 5.41) is 10.6. The van der Waals surface area contributed by atoms with Crippen molar-refractivity contribution in [1.29, 1.82) is 0 Å². The molecule has 8 heteroatoms. The van der Waals surface area contributed by atoms with Gasteiger partial charge in [0, 0.05) is 57.7 Å². The predicted octanol–water partition coefficient (Wildman–Crippen LogP) is 2.38. The molecule has 0 atom stereocenters. The van der Waals surface area contributed by atoms with Crippen LogP contribution in [0, 0.1) is 0 Å². The molecule has 2 aromatic heterocycles. The smallest absolute Gasteiger partial charge is 0.255 e. The molecule has 36 heavy (non-hydrogen) atoms. The topological polar surface area (TPSA) is 96.0 Å². The zero-order chi connectivity index (χ0) is 24.2. The highest BCUT2D eigenvalue weighted by atomic mass is 35.5. The van der Waals surface area contributed by atoms with Crippen molar-refractivity contribution in [3.8, 4) is 0 Å². The largest absolute Gasteiger partial charge is 1.00 e. The molecular formula is C28H25ClN6O. The highest BCUT2D eigenvalue weighted by Gasteiger charge is 2.08. The van der Waals surface area contributed by atoms with E-state index in [0.29, 0.717) is 16.9 Å². The maximum Gasteiger partial charge on any atom is 0.255 e. The second-order valence-corrected chi connectivity index (χ2v) is 8.25. The van der Waals surface area contributed by atoms with Crippen LogP contribution in [-0.4, -0.2) is 10.9 Å². The first-order chi connectivity index (χ1) is 17.0. The summed E-state index contributed by atoms with van der Waals surface area (Å²) >= 11 is 0. The standard InChI is InChI=1S/C28H24N6O.ClH/c1-34-16-13-24(14-17-34)31-21-5-2-19(3-6-21)28(35)33-23-9-7-22(8-10-23)32-27-12-15-30-26-11-4-20(29)18-25(26)27;/h2-18H,29H2,1H3,(H2,30,32,33,35);1H. The lowest BCUT2D eigenvalue weighted by Crippen LogP contribution is -3.00. The van der Waals surface area contributed by atoms with E-state index in [1.54, 1.807) is 18.3 Å². The summed E-state index contributed by atoms with van der Waals surface area (Å²) in [5.41, 5.74) is 12.5. The summed E-state index contributed by atoms with van der Waals surface area (Å²) in [6, 6.07) is 26.5. The summed E-state index contributed by atoms with van der Waals surface area (Å²) in [5.74, 6) is -0.167. The van der Waals surface area contributed by atoms with Gasteiger partial charge in [-0.25, -0.2) is 4.57 Å². The highest BCUT2D eigenvalue weighted by molar-refractivity contribution is 6.04. The molecule has 5 aromatic rings. The summed E-state index contributed by atoms with van der Waals surface area (Å²) in [6.07, 6.45) is 5.70. The molecule has 0 spiro atoms. The van der Waals surface area contributed by atoms with Crippen LogP contribution in [0.1, 0.15) is 10.4 Å². The third kappa shape index (κ3) is 5.71. The van der Waals surface area contributed by atoms with Gasteiger partial charge in [0.2, 0.25) is 0 Å². The van der Waals surface area contributed by atoms with E-state index in [1.165, 1.54) is 0 Å². The number of nitrogens with one attached hydrogen (secondary N) is 3. The third-order valence-corrected chi connectivity index (χ3v) is 5.60. The van der Waals surface area contributed by atoms with Crippen LogP contribution in [0.15, 0.2) is 104 Å². The van der Waals surface area contributed by atoms with Crippen molar-refractivity contribution in [2.45, 2.75) is 0 Å². The number of halogens is 1. The number of amides is 1. The number of aryl methyl sites for hydroxylation is 1. The number of hydrogen-bond donors (Lipinski definition) is 4. The minimum atomic E-state index is -0.167. The number of nitrogens with two attached hydrogens (primary N) is 1. The van der Waals surface area contributed by atoms with Crippen molar-refractivity contribution in [3.05, 3.63) is 109 Å². The number of benzene rings is 3. The molecule has 2 heterocycles. The van der Waals surface area contributed by atoms with E-state index in [1.807, 2.05) is 96.8 Å². The summed E-state index contributed by atoms with van der Waals surface area (Å²) in [6.45, 7) is 0. The van der Waals surface area contributed by atoms with E-state index in [-0.39, 0.29) is 18.3 Å². The van der Waals surface area contributed by atoms with Crippen molar-refractivity contribution in [3.63, 3.8) is 0 Å². The van der Waals surface area contributed by atoms with E-state index in [4.69, 9.17) is 5.73 Å². The third-order valence-electron chi connectivity index (χ3n) is 5.60. The van der Waals surface area contributed by atoms with Gasteiger partial charge in [-0.1, -0.05) is 0 Å². The minimum absolute atomic E-state index is 0. The van der Waals surface area contributed by atoms with Crippen LogP contribution in [0.2, 0.25) is 0 Å². The summed E-state index contributed by atoms with van der Waals surface area (Å²) < 4.78 is 1.97. The predicted molar refractivity (Wildman–Crippen MR) is 141 cm³/mol. The molecular weight excluding hydrogens is 472 g/mol. The van der Waals surface area contributed by atoms with Crippen molar-refractivity contribution >= 4 is 50.9 Å². The molecule has 7 nitrogen and oxygen atoms in total. The first kappa shape index (κ1) is 24.5. The Morgan fingerprint density at radius 3 is 2.11 bits per heavy atom. The Balaban J connectivity index is 0.00000304. The first-order valence-corrected chi connectivity index (χ1v) is 11.2.